The van der Waals surface area contributed by atoms with Gasteiger partial charge in [0, 0.05) is 6.54 Å². The van der Waals surface area contributed by atoms with E-state index in [-0.39, 0.29) is 12.1 Å². The number of ether oxygens (including phenoxy) is 1. The predicted molar refractivity (Wildman–Crippen MR) is 78.7 cm³/mol. The van der Waals surface area contributed by atoms with Gasteiger partial charge in [-0.25, -0.2) is 4.79 Å². The summed E-state index contributed by atoms with van der Waals surface area (Å²) in [6, 6.07) is 5.99. The van der Waals surface area contributed by atoms with E-state index in [1.54, 1.807) is 0 Å². The van der Waals surface area contributed by atoms with Gasteiger partial charge in [0.05, 0.1) is 5.56 Å². The molecule has 1 saturated carbocycles. The van der Waals surface area contributed by atoms with E-state index in [2.05, 4.69) is 18.3 Å². The highest BCUT2D eigenvalue weighted by atomic mass is 16.5. The first-order valence-corrected chi connectivity index (χ1v) is 7.76. The summed E-state index contributed by atoms with van der Waals surface area (Å²) >= 11 is 0. The summed E-state index contributed by atoms with van der Waals surface area (Å²) < 4.78 is 5.68. The van der Waals surface area contributed by atoms with Crippen LogP contribution in [-0.4, -0.2) is 18.6 Å². The van der Waals surface area contributed by atoms with E-state index in [4.69, 9.17) is 4.74 Å². The molecule has 3 heteroatoms. The fourth-order valence-electron chi connectivity index (χ4n) is 3.31. The van der Waals surface area contributed by atoms with Gasteiger partial charge in [0.15, 0.2) is 0 Å². The zero-order chi connectivity index (χ0) is 13.9. The molecule has 3 nitrogen and oxygen atoms in total. The SMILES string of the molecule is CC1CCCC(OC(=O)c2ccc3c(c2)CNCC3)C1. The minimum absolute atomic E-state index is 0.111. The van der Waals surface area contributed by atoms with E-state index < -0.39 is 0 Å². The predicted octanol–water partition coefficient (Wildman–Crippen LogP) is 3.07. The van der Waals surface area contributed by atoms with Crippen LogP contribution in [-0.2, 0) is 17.7 Å². The Hall–Kier alpha value is -1.35. The number of nitrogens with one attached hydrogen (secondary N) is 1. The van der Waals surface area contributed by atoms with Crippen LogP contribution in [0.3, 0.4) is 0 Å². The molecule has 1 aliphatic heterocycles. The van der Waals surface area contributed by atoms with Crippen molar-refractivity contribution in [2.75, 3.05) is 6.54 Å². The molecule has 2 aliphatic rings. The lowest BCUT2D eigenvalue weighted by Crippen LogP contribution is -2.26. The standard InChI is InChI=1S/C17H23NO2/c1-12-3-2-4-16(9-12)20-17(19)14-6-5-13-7-8-18-11-15(13)10-14/h5-6,10,12,16,18H,2-4,7-9,11H2,1H3. The number of benzene rings is 1. The molecular formula is C17H23NO2. The Bertz CT molecular complexity index is 498. The van der Waals surface area contributed by atoms with Crippen LogP contribution in [0.15, 0.2) is 18.2 Å². The van der Waals surface area contributed by atoms with E-state index in [0.717, 1.165) is 32.4 Å². The van der Waals surface area contributed by atoms with Crippen molar-refractivity contribution in [1.82, 2.24) is 5.32 Å². The van der Waals surface area contributed by atoms with Gasteiger partial charge in [-0.1, -0.05) is 19.4 Å². The molecule has 1 fully saturated rings. The number of esters is 1. The zero-order valence-corrected chi connectivity index (χ0v) is 12.2. The van der Waals surface area contributed by atoms with Gasteiger partial charge in [-0.2, -0.15) is 0 Å². The van der Waals surface area contributed by atoms with Crippen LogP contribution in [0.25, 0.3) is 0 Å². The minimum atomic E-state index is -0.155. The number of hydrogen-bond donors (Lipinski definition) is 1. The van der Waals surface area contributed by atoms with Crippen molar-refractivity contribution in [3.8, 4) is 0 Å². The van der Waals surface area contributed by atoms with Crippen LogP contribution >= 0.6 is 0 Å². The van der Waals surface area contributed by atoms with Crippen LogP contribution in [0.4, 0.5) is 0 Å². The Balaban J connectivity index is 1.67. The normalized spacial score (nSPS) is 25.9. The third-order valence-corrected chi connectivity index (χ3v) is 4.49. The molecule has 20 heavy (non-hydrogen) atoms. The average molecular weight is 273 g/mol. The van der Waals surface area contributed by atoms with Crippen LogP contribution in [0, 0.1) is 5.92 Å². The fraction of sp³-hybridized carbons (Fsp3) is 0.588. The fourth-order valence-corrected chi connectivity index (χ4v) is 3.31. The van der Waals surface area contributed by atoms with Gasteiger partial charge in [-0.05, 0) is 61.4 Å². The Morgan fingerprint density at radius 1 is 1.30 bits per heavy atom. The van der Waals surface area contributed by atoms with Crippen molar-refractivity contribution < 1.29 is 9.53 Å². The van der Waals surface area contributed by atoms with Gasteiger partial charge < -0.3 is 10.1 Å². The number of fused-ring (bicyclic) bond motifs is 1. The van der Waals surface area contributed by atoms with Crippen molar-refractivity contribution in [3.63, 3.8) is 0 Å². The molecule has 1 N–H and O–H groups in total. The molecule has 0 amide bonds. The Labute approximate surface area is 120 Å². The molecule has 1 aromatic carbocycles. The maximum atomic E-state index is 12.3. The Morgan fingerprint density at radius 3 is 3.05 bits per heavy atom. The van der Waals surface area contributed by atoms with Gasteiger partial charge >= 0.3 is 5.97 Å². The van der Waals surface area contributed by atoms with E-state index in [9.17, 15) is 4.79 Å². The summed E-state index contributed by atoms with van der Waals surface area (Å²) in [7, 11) is 0. The average Bonchev–Trinajstić information content (AvgIpc) is 2.47. The van der Waals surface area contributed by atoms with Crippen molar-refractivity contribution in [3.05, 3.63) is 34.9 Å². The highest BCUT2D eigenvalue weighted by molar-refractivity contribution is 5.89. The van der Waals surface area contributed by atoms with E-state index in [1.165, 1.54) is 24.0 Å². The summed E-state index contributed by atoms with van der Waals surface area (Å²) in [5.41, 5.74) is 3.29. The molecule has 3 rings (SSSR count). The van der Waals surface area contributed by atoms with Gasteiger partial charge in [0.25, 0.3) is 0 Å². The van der Waals surface area contributed by atoms with Gasteiger partial charge in [0.2, 0.25) is 0 Å². The molecule has 2 atom stereocenters. The number of carbonyl (C=O) groups excluding carboxylic acids is 1. The topological polar surface area (TPSA) is 38.3 Å². The second-order valence-electron chi connectivity index (χ2n) is 6.21. The van der Waals surface area contributed by atoms with E-state index in [0.29, 0.717) is 11.5 Å². The molecule has 0 bridgehead atoms. The molecule has 1 heterocycles. The third kappa shape index (κ3) is 3.04. The van der Waals surface area contributed by atoms with Crippen molar-refractivity contribution >= 4 is 5.97 Å². The quantitative estimate of drug-likeness (QED) is 0.842. The first kappa shape index (κ1) is 13.6. The summed E-state index contributed by atoms with van der Waals surface area (Å²) in [5, 5.41) is 3.34. The monoisotopic (exact) mass is 273 g/mol. The van der Waals surface area contributed by atoms with Crippen LogP contribution in [0.1, 0.15) is 54.1 Å². The highest BCUT2D eigenvalue weighted by Gasteiger charge is 2.23. The largest absolute Gasteiger partial charge is 0.459 e. The number of hydrogen-bond acceptors (Lipinski definition) is 3. The molecule has 0 saturated heterocycles. The van der Waals surface area contributed by atoms with E-state index >= 15 is 0 Å². The number of carbonyl (C=O) groups is 1. The molecule has 2 unspecified atom stereocenters. The second kappa shape index (κ2) is 5.96. The van der Waals surface area contributed by atoms with Crippen molar-refractivity contribution in [1.29, 1.82) is 0 Å². The Morgan fingerprint density at radius 2 is 2.20 bits per heavy atom. The van der Waals surface area contributed by atoms with Crippen LogP contribution in [0.2, 0.25) is 0 Å². The molecule has 1 aromatic rings. The molecule has 0 radical (unpaired) electrons. The van der Waals surface area contributed by atoms with Crippen molar-refractivity contribution in [2.24, 2.45) is 5.92 Å². The second-order valence-corrected chi connectivity index (χ2v) is 6.21. The summed E-state index contributed by atoms with van der Waals surface area (Å²) in [6.07, 6.45) is 5.62. The zero-order valence-electron chi connectivity index (χ0n) is 12.2. The maximum absolute atomic E-state index is 12.3. The summed E-state index contributed by atoms with van der Waals surface area (Å²) in [4.78, 5) is 12.3. The molecular weight excluding hydrogens is 250 g/mol. The highest BCUT2D eigenvalue weighted by Crippen LogP contribution is 2.26. The summed E-state index contributed by atoms with van der Waals surface area (Å²) in [5.74, 6) is 0.520. The number of rotatable bonds is 2. The molecule has 0 aromatic heterocycles. The smallest absolute Gasteiger partial charge is 0.338 e. The van der Waals surface area contributed by atoms with Crippen LogP contribution in [0.5, 0.6) is 0 Å². The van der Waals surface area contributed by atoms with Gasteiger partial charge in [-0.15, -0.1) is 0 Å². The summed E-state index contributed by atoms with van der Waals surface area (Å²) in [6.45, 7) is 4.12. The lowest BCUT2D eigenvalue weighted by Gasteiger charge is -2.26. The molecule has 0 spiro atoms. The van der Waals surface area contributed by atoms with Gasteiger partial charge in [0.1, 0.15) is 6.10 Å². The first-order valence-electron chi connectivity index (χ1n) is 7.76. The lowest BCUT2D eigenvalue weighted by atomic mass is 9.88. The third-order valence-electron chi connectivity index (χ3n) is 4.49. The lowest BCUT2D eigenvalue weighted by molar-refractivity contribution is 0.0155. The van der Waals surface area contributed by atoms with Crippen molar-refractivity contribution in [2.45, 2.75) is 51.7 Å². The maximum Gasteiger partial charge on any atom is 0.338 e. The molecule has 1 aliphatic carbocycles. The molecule has 108 valence electrons. The van der Waals surface area contributed by atoms with E-state index in [1.807, 2.05) is 12.1 Å². The Kier molecular flexibility index (Phi) is 4.06. The minimum Gasteiger partial charge on any atom is -0.459 e. The van der Waals surface area contributed by atoms with Crippen LogP contribution < -0.4 is 5.32 Å². The first-order chi connectivity index (χ1) is 9.72. The van der Waals surface area contributed by atoms with Gasteiger partial charge in [-0.3, -0.25) is 0 Å².